The SMILES string of the molecule is COC(=O)c1ccc(C=Cc2cc3c(cc2C)C(C)(C)CCC3(C)C)cc1. The average Bonchev–Trinajstić information content (AvgIpc) is 2.64. The summed E-state index contributed by atoms with van der Waals surface area (Å²) in [7, 11) is 1.40. The molecule has 0 radical (unpaired) electrons. The molecule has 0 aliphatic heterocycles. The van der Waals surface area contributed by atoms with Gasteiger partial charge in [0.15, 0.2) is 0 Å². The van der Waals surface area contributed by atoms with Crippen LogP contribution in [0.25, 0.3) is 12.2 Å². The summed E-state index contributed by atoms with van der Waals surface area (Å²) in [5.41, 5.74) is 7.63. The van der Waals surface area contributed by atoms with E-state index in [1.807, 2.05) is 12.1 Å². The van der Waals surface area contributed by atoms with Crippen molar-refractivity contribution >= 4 is 18.1 Å². The normalized spacial score (nSPS) is 17.6. The Balaban J connectivity index is 1.94. The minimum atomic E-state index is -0.305. The number of hydrogen-bond acceptors (Lipinski definition) is 2. The van der Waals surface area contributed by atoms with Crippen LogP contribution in [0.1, 0.15) is 78.7 Å². The largest absolute Gasteiger partial charge is 0.465 e. The lowest BCUT2D eigenvalue weighted by Gasteiger charge is -2.42. The number of ether oxygens (including phenoxy) is 1. The number of benzene rings is 2. The molecule has 27 heavy (non-hydrogen) atoms. The van der Waals surface area contributed by atoms with Crippen molar-refractivity contribution in [3.8, 4) is 0 Å². The summed E-state index contributed by atoms with van der Waals surface area (Å²) in [5.74, 6) is -0.305. The Hall–Kier alpha value is -2.35. The Morgan fingerprint density at radius 3 is 2.04 bits per heavy atom. The summed E-state index contributed by atoms with van der Waals surface area (Å²) in [6.45, 7) is 11.6. The van der Waals surface area contributed by atoms with Crippen LogP contribution in [0, 0.1) is 6.92 Å². The van der Waals surface area contributed by atoms with E-state index in [0.29, 0.717) is 5.56 Å². The van der Waals surface area contributed by atoms with E-state index in [0.717, 1.165) is 5.56 Å². The Labute approximate surface area is 163 Å². The van der Waals surface area contributed by atoms with Crippen LogP contribution in [0.5, 0.6) is 0 Å². The third-order valence-electron chi connectivity index (χ3n) is 6.03. The van der Waals surface area contributed by atoms with Gasteiger partial charge in [0.1, 0.15) is 0 Å². The lowest BCUT2D eigenvalue weighted by Crippen LogP contribution is -2.34. The first-order chi connectivity index (χ1) is 12.6. The van der Waals surface area contributed by atoms with E-state index in [1.54, 1.807) is 12.1 Å². The lowest BCUT2D eigenvalue weighted by molar-refractivity contribution is 0.0600. The molecule has 0 atom stereocenters. The highest BCUT2D eigenvalue weighted by molar-refractivity contribution is 5.89. The monoisotopic (exact) mass is 362 g/mol. The van der Waals surface area contributed by atoms with Crippen LogP contribution in [0.3, 0.4) is 0 Å². The van der Waals surface area contributed by atoms with Crippen molar-refractivity contribution in [2.75, 3.05) is 7.11 Å². The van der Waals surface area contributed by atoms with Gasteiger partial charge in [0.25, 0.3) is 0 Å². The zero-order valence-corrected chi connectivity index (χ0v) is 17.3. The van der Waals surface area contributed by atoms with Crippen LogP contribution in [0.4, 0.5) is 0 Å². The number of rotatable bonds is 3. The molecule has 0 N–H and O–H groups in total. The van der Waals surface area contributed by atoms with Gasteiger partial charge in [0, 0.05) is 0 Å². The van der Waals surface area contributed by atoms with Gasteiger partial charge in [-0.05, 0) is 70.5 Å². The molecule has 0 aromatic heterocycles. The first-order valence-corrected chi connectivity index (χ1v) is 9.66. The van der Waals surface area contributed by atoms with Crippen LogP contribution < -0.4 is 0 Å². The summed E-state index contributed by atoms with van der Waals surface area (Å²) < 4.78 is 4.75. The number of methoxy groups -OCH3 is 1. The van der Waals surface area contributed by atoms with Crippen molar-refractivity contribution in [3.05, 3.63) is 69.8 Å². The van der Waals surface area contributed by atoms with Gasteiger partial charge in [-0.3, -0.25) is 0 Å². The number of carbonyl (C=O) groups excluding carboxylic acids is 1. The van der Waals surface area contributed by atoms with Crippen LogP contribution >= 0.6 is 0 Å². The van der Waals surface area contributed by atoms with Crippen molar-refractivity contribution in [3.63, 3.8) is 0 Å². The third-order valence-corrected chi connectivity index (χ3v) is 6.03. The molecular weight excluding hydrogens is 332 g/mol. The molecule has 0 heterocycles. The first kappa shape index (κ1) is 19.4. The summed E-state index contributed by atoms with van der Waals surface area (Å²) in [6.07, 6.45) is 6.74. The maximum absolute atomic E-state index is 11.6. The smallest absolute Gasteiger partial charge is 0.337 e. The Morgan fingerprint density at radius 2 is 1.48 bits per heavy atom. The zero-order chi connectivity index (χ0) is 19.8. The molecule has 3 rings (SSSR count). The van der Waals surface area contributed by atoms with Gasteiger partial charge in [-0.25, -0.2) is 4.79 Å². The fourth-order valence-corrected chi connectivity index (χ4v) is 3.95. The second kappa shape index (κ2) is 6.99. The maximum Gasteiger partial charge on any atom is 0.337 e. The molecule has 0 spiro atoms. The number of hydrogen-bond donors (Lipinski definition) is 0. The molecule has 2 aromatic carbocycles. The Morgan fingerprint density at radius 1 is 0.926 bits per heavy atom. The van der Waals surface area contributed by atoms with Gasteiger partial charge in [0.05, 0.1) is 12.7 Å². The van der Waals surface area contributed by atoms with Gasteiger partial charge in [-0.15, -0.1) is 0 Å². The van der Waals surface area contributed by atoms with E-state index < -0.39 is 0 Å². The standard InChI is InChI=1S/C25H30O2/c1-17-15-21-22(25(4,5)14-13-24(21,2)3)16-20(17)12-9-18-7-10-19(11-8-18)23(26)27-6/h7-12,15-16H,13-14H2,1-6H3. The van der Waals surface area contributed by atoms with Crippen molar-refractivity contribution in [2.24, 2.45) is 0 Å². The second-order valence-corrected chi connectivity index (χ2v) is 8.97. The molecule has 0 amide bonds. The van der Waals surface area contributed by atoms with Crippen LogP contribution in [0.2, 0.25) is 0 Å². The van der Waals surface area contributed by atoms with Gasteiger partial charge >= 0.3 is 5.97 Å². The highest BCUT2D eigenvalue weighted by Crippen LogP contribution is 2.46. The fraction of sp³-hybridized carbons (Fsp3) is 0.400. The van der Waals surface area contributed by atoms with E-state index in [1.165, 1.54) is 42.2 Å². The van der Waals surface area contributed by atoms with E-state index in [-0.39, 0.29) is 16.8 Å². The Bertz CT molecular complexity index is 883. The molecule has 0 fully saturated rings. The number of fused-ring (bicyclic) bond motifs is 1. The number of esters is 1. The van der Waals surface area contributed by atoms with Gasteiger partial charge in [-0.1, -0.05) is 64.1 Å². The summed E-state index contributed by atoms with van der Waals surface area (Å²) in [6, 6.07) is 12.3. The summed E-state index contributed by atoms with van der Waals surface area (Å²) in [5, 5.41) is 0. The molecule has 1 aliphatic rings. The summed E-state index contributed by atoms with van der Waals surface area (Å²) >= 11 is 0. The van der Waals surface area contributed by atoms with Crippen molar-refractivity contribution in [1.82, 2.24) is 0 Å². The predicted octanol–water partition coefficient (Wildman–Crippen LogP) is 6.30. The molecule has 0 bridgehead atoms. The number of aryl methyl sites for hydroxylation is 1. The second-order valence-electron chi connectivity index (χ2n) is 8.97. The minimum absolute atomic E-state index is 0.212. The third kappa shape index (κ3) is 3.85. The molecular formula is C25H30O2. The van der Waals surface area contributed by atoms with E-state index >= 15 is 0 Å². The highest BCUT2D eigenvalue weighted by Gasteiger charge is 2.37. The molecule has 2 aromatic rings. The van der Waals surface area contributed by atoms with Crippen LogP contribution in [-0.4, -0.2) is 13.1 Å². The maximum atomic E-state index is 11.6. The lowest BCUT2D eigenvalue weighted by atomic mass is 9.62. The van der Waals surface area contributed by atoms with Crippen molar-refractivity contribution in [2.45, 2.75) is 58.3 Å². The summed E-state index contributed by atoms with van der Waals surface area (Å²) in [4.78, 5) is 11.6. The molecule has 2 heteroatoms. The molecule has 0 unspecified atom stereocenters. The van der Waals surface area contributed by atoms with E-state index in [2.05, 4.69) is 58.9 Å². The van der Waals surface area contributed by atoms with Crippen molar-refractivity contribution < 1.29 is 9.53 Å². The van der Waals surface area contributed by atoms with E-state index in [4.69, 9.17) is 4.74 Å². The average molecular weight is 363 g/mol. The quantitative estimate of drug-likeness (QED) is 0.473. The van der Waals surface area contributed by atoms with Gasteiger partial charge in [0.2, 0.25) is 0 Å². The zero-order valence-electron chi connectivity index (χ0n) is 17.3. The molecule has 0 saturated carbocycles. The number of carbonyl (C=O) groups is 1. The van der Waals surface area contributed by atoms with E-state index in [9.17, 15) is 4.79 Å². The molecule has 0 saturated heterocycles. The van der Waals surface area contributed by atoms with Gasteiger partial charge < -0.3 is 4.74 Å². The van der Waals surface area contributed by atoms with Crippen molar-refractivity contribution in [1.29, 1.82) is 0 Å². The predicted molar refractivity (Wildman–Crippen MR) is 113 cm³/mol. The van der Waals surface area contributed by atoms with Crippen LogP contribution in [0.15, 0.2) is 36.4 Å². The molecule has 142 valence electrons. The first-order valence-electron chi connectivity index (χ1n) is 9.66. The van der Waals surface area contributed by atoms with Gasteiger partial charge in [-0.2, -0.15) is 0 Å². The highest BCUT2D eigenvalue weighted by atomic mass is 16.5. The minimum Gasteiger partial charge on any atom is -0.465 e. The molecule has 1 aliphatic carbocycles. The Kier molecular flexibility index (Phi) is 5.03. The fourth-order valence-electron chi connectivity index (χ4n) is 3.95. The topological polar surface area (TPSA) is 26.3 Å². The van der Waals surface area contributed by atoms with Crippen LogP contribution in [-0.2, 0) is 15.6 Å². The molecule has 2 nitrogen and oxygen atoms in total.